The number of hydrogen-bond acceptors (Lipinski definition) is 6. The van der Waals surface area contributed by atoms with Gasteiger partial charge in [0.1, 0.15) is 5.54 Å². The van der Waals surface area contributed by atoms with Crippen molar-refractivity contribution in [1.82, 2.24) is 9.88 Å². The van der Waals surface area contributed by atoms with Gasteiger partial charge in [-0.2, -0.15) is 13.2 Å². The SMILES string of the molecule is CCC(=O)Nc1nccc(CN2C(=O)N(c3ccc(SC(F)(F)F)cc3)C(=O)C2(C)C)c1NCCc1ccccc1. The van der Waals surface area contributed by atoms with Gasteiger partial charge in [0.25, 0.3) is 5.91 Å². The Balaban J connectivity index is 1.60. The van der Waals surface area contributed by atoms with Crippen molar-refractivity contribution >= 4 is 46.8 Å². The van der Waals surface area contributed by atoms with Crippen LogP contribution in [0, 0.1) is 0 Å². The molecule has 2 aromatic carbocycles. The predicted molar refractivity (Wildman–Crippen MR) is 153 cm³/mol. The molecule has 216 valence electrons. The molecule has 1 aliphatic heterocycles. The average molecular weight is 586 g/mol. The molecule has 12 heteroatoms. The molecule has 2 N–H and O–H groups in total. The van der Waals surface area contributed by atoms with Crippen molar-refractivity contribution < 1.29 is 27.6 Å². The third-order valence-corrected chi connectivity index (χ3v) is 7.39. The minimum Gasteiger partial charge on any atom is -0.381 e. The Labute approximate surface area is 240 Å². The maximum absolute atomic E-state index is 13.6. The standard InChI is InChI=1S/C29H30F3N5O3S/c1-4-23(38)35-25-24(33-16-14-19-8-6-5-7-9-19)20(15-17-34-25)18-36-27(40)37(26(39)28(36,2)3)21-10-12-22(13-11-21)41-29(30,31)32/h5-13,15,17,33H,4,14,16,18H2,1-3H3,(H,34,35,38). The lowest BCUT2D eigenvalue weighted by Crippen LogP contribution is -2.43. The minimum atomic E-state index is -4.45. The van der Waals surface area contributed by atoms with E-state index in [-0.39, 0.29) is 41.2 Å². The summed E-state index contributed by atoms with van der Waals surface area (Å²) in [7, 11) is 0. The second kappa shape index (κ2) is 12.2. The minimum absolute atomic E-state index is 0.0151. The van der Waals surface area contributed by atoms with Crippen LogP contribution in [0.4, 0.5) is 35.2 Å². The van der Waals surface area contributed by atoms with Gasteiger partial charge in [0.2, 0.25) is 5.91 Å². The number of imide groups is 1. The number of aromatic nitrogens is 1. The van der Waals surface area contributed by atoms with Gasteiger partial charge in [0, 0.05) is 29.6 Å². The number of nitrogens with one attached hydrogen (secondary N) is 2. The normalized spacial score (nSPS) is 14.9. The third kappa shape index (κ3) is 6.99. The number of alkyl halides is 3. The second-order valence-electron chi connectivity index (χ2n) is 9.87. The van der Waals surface area contributed by atoms with Gasteiger partial charge >= 0.3 is 11.5 Å². The average Bonchev–Trinajstić information content (AvgIpc) is 3.09. The highest BCUT2D eigenvalue weighted by molar-refractivity contribution is 8.00. The van der Waals surface area contributed by atoms with Crippen LogP contribution in [0.3, 0.4) is 0 Å². The van der Waals surface area contributed by atoms with Crippen molar-refractivity contribution in [2.75, 3.05) is 22.1 Å². The summed E-state index contributed by atoms with van der Waals surface area (Å²) in [5, 5.41) is 6.14. The van der Waals surface area contributed by atoms with Crippen molar-refractivity contribution in [2.45, 2.75) is 56.1 Å². The number of carbonyl (C=O) groups excluding carboxylic acids is 3. The fraction of sp³-hybridized carbons (Fsp3) is 0.310. The molecule has 0 radical (unpaired) electrons. The lowest BCUT2D eigenvalue weighted by atomic mass is 10.0. The van der Waals surface area contributed by atoms with Crippen LogP contribution < -0.4 is 15.5 Å². The number of rotatable bonds is 10. The van der Waals surface area contributed by atoms with E-state index in [1.54, 1.807) is 26.8 Å². The predicted octanol–water partition coefficient (Wildman–Crippen LogP) is 6.44. The van der Waals surface area contributed by atoms with Crippen molar-refractivity contribution in [1.29, 1.82) is 0 Å². The summed E-state index contributed by atoms with van der Waals surface area (Å²) >= 11 is -0.272. The first-order chi connectivity index (χ1) is 19.4. The van der Waals surface area contributed by atoms with Gasteiger partial charge in [-0.15, -0.1) is 0 Å². The first kappa shape index (κ1) is 29.9. The van der Waals surface area contributed by atoms with Gasteiger partial charge in [0.15, 0.2) is 5.82 Å². The van der Waals surface area contributed by atoms with E-state index in [2.05, 4.69) is 15.6 Å². The summed E-state index contributed by atoms with van der Waals surface area (Å²) in [5.74, 6) is -0.425. The van der Waals surface area contributed by atoms with Crippen LogP contribution in [0.15, 0.2) is 71.8 Å². The van der Waals surface area contributed by atoms with E-state index in [1.165, 1.54) is 35.4 Å². The van der Waals surface area contributed by atoms with Crippen LogP contribution in [0.2, 0.25) is 0 Å². The largest absolute Gasteiger partial charge is 0.446 e. The molecule has 0 atom stereocenters. The summed E-state index contributed by atoms with van der Waals surface area (Å²) in [6, 6.07) is 16.0. The highest BCUT2D eigenvalue weighted by Crippen LogP contribution is 2.39. The molecule has 1 aromatic heterocycles. The third-order valence-electron chi connectivity index (χ3n) is 6.65. The Kier molecular flexibility index (Phi) is 8.91. The molecule has 1 aliphatic rings. The maximum Gasteiger partial charge on any atom is 0.446 e. The molecule has 3 aromatic rings. The van der Waals surface area contributed by atoms with Gasteiger partial charge in [-0.1, -0.05) is 37.3 Å². The number of nitrogens with zero attached hydrogens (tertiary/aromatic N) is 3. The smallest absolute Gasteiger partial charge is 0.381 e. The number of urea groups is 1. The number of hydrogen-bond donors (Lipinski definition) is 2. The number of benzene rings is 2. The summed E-state index contributed by atoms with van der Waals surface area (Å²) in [6.45, 7) is 5.49. The monoisotopic (exact) mass is 585 g/mol. The number of carbonyl (C=O) groups is 3. The van der Waals surface area contributed by atoms with E-state index in [4.69, 9.17) is 0 Å². The summed E-state index contributed by atoms with van der Waals surface area (Å²) in [5.41, 5.74) is -3.25. The van der Waals surface area contributed by atoms with Crippen molar-refractivity contribution in [3.8, 4) is 0 Å². The topological polar surface area (TPSA) is 94.6 Å². The number of thioether (sulfide) groups is 1. The highest BCUT2D eigenvalue weighted by Gasteiger charge is 2.52. The first-order valence-corrected chi connectivity index (χ1v) is 13.8. The molecular weight excluding hydrogens is 555 g/mol. The fourth-order valence-electron chi connectivity index (χ4n) is 4.42. The second-order valence-corrected chi connectivity index (χ2v) is 11.0. The lowest BCUT2D eigenvalue weighted by Gasteiger charge is -2.29. The van der Waals surface area contributed by atoms with Crippen LogP contribution in [0.25, 0.3) is 0 Å². The van der Waals surface area contributed by atoms with Gasteiger partial charge in [-0.25, -0.2) is 14.7 Å². The van der Waals surface area contributed by atoms with E-state index in [0.29, 0.717) is 30.0 Å². The molecule has 8 nitrogen and oxygen atoms in total. The quantitative estimate of drug-likeness (QED) is 0.210. The van der Waals surface area contributed by atoms with E-state index in [9.17, 15) is 27.6 Å². The van der Waals surface area contributed by atoms with E-state index in [0.717, 1.165) is 10.5 Å². The Bertz CT molecular complexity index is 1420. The Morgan fingerprint density at radius 2 is 1.71 bits per heavy atom. The molecule has 4 rings (SSSR count). The Morgan fingerprint density at radius 1 is 1.02 bits per heavy atom. The van der Waals surface area contributed by atoms with Gasteiger partial charge < -0.3 is 15.5 Å². The van der Waals surface area contributed by atoms with E-state index in [1.807, 2.05) is 30.3 Å². The number of halogens is 3. The Hall–Kier alpha value is -4.06. The molecule has 0 aliphatic carbocycles. The van der Waals surface area contributed by atoms with Gasteiger partial charge in [-0.05, 0) is 67.9 Å². The molecule has 41 heavy (non-hydrogen) atoms. The molecule has 0 bridgehead atoms. The van der Waals surface area contributed by atoms with Crippen LogP contribution in [0.1, 0.15) is 38.3 Å². The zero-order valence-corrected chi connectivity index (χ0v) is 23.6. The zero-order chi connectivity index (χ0) is 29.8. The van der Waals surface area contributed by atoms with E-state index >= 15 is 0 Å². The van der Waals surface area contributed by atoms with Crippen LogP contribution in [-0.4, -0.2) is 45.3 Å². The Morgan fingerprint density at radius 3 is 2.34 bits per heavy atom. The number of anilines is 3. The summed E-state index contributed by atoms with van der Waals surface area (Å²) < 4.78 is 38.2. The van der Waals surface area contributed by atoms with Crippen LogP contribution >= 0.6 is 11.8 Å². The van der Waals surface area contributed by atoms with Crippen LogP contribution in [-0.2, 0) is 22.6 Å². The molecular formula is C29H30F3N5O3S. The van der Waals surface area contributed by atoms with Gasteiger partial charge in [-0.3, -0.25) is 9.59 Å². The first-order valence-electron chi connectivity index (χ1n) is 13.0. The molecule has 0 spiro atoms. The highest BCUT2D eigenvalue weighted by atomic mass is 32.2. The molecule has 0 unspecified atom stereocenters. The van der Waals surface area contributed by atoms with Crippen molar-refractivity contribution in [2.24, 2.45) is 0 Å². The van der Waals surface area contributed by atoms with Crippen molar-refractivity contribution in [3.63, 3.8) is 0 Å². The van der Waals surface area contributed by atoms with Gasteiger partial charge in [0.05, 0.1) is 17.9 Å². The number of amides is 4. The van der Waals surface area contributed by atoms with Crippen LogP contribution in [0.5, 0.6) is 0 Å². The molecule has 4 amide bonds. The summed E-state index contributed by atoms with van der Waals surface area (Å²) in [4.78, 5) is 45.9. The molecule has 1 saturated heterocycles. The maximum atomic E-state index is 13.6. The van der Waals surface area contributed by atoms with Crippen molar-refractivity contribution in [3.05, 3.63) is 78.0 Å². The zero-order valence-electron chi connectivity index (χ0n) is 22.8. The van der Waals surface area contributed by atoms with E-state index < -0.39 is 23.0 Å². The number of pyridine rings is 1. The fourth-order valence-corrected chi connectivity index (χ4v) is 4.96. The molecule has 2 heterocycles. The molecule has 1 fully saturated rings. The lowest BCUT2D eigenvalue weighted by molar-refractivity contribution is -0.123. The summed E-state index contributed by atoms with van der Waals surface area (Å²) in [6.07, 6.45) is 2.46. The molecule has 0 saturated carbocycles.